The van der Waals surface area contributed by atoms with Gasteiger partial charge < -0.3 is 14.8 Å². The molecular formula is C24H33N5O2. The number of aryl methyl sites for hydroxylation is 1. The lowest BCUT2D eigenvalue weighted by Crippen LogP contribution is -2.38. The Morgan fingerprint density at radius 1 is 1.29 bits per heavy atom. The number of hydrogen-bond acceptors (Lipinski definition) is 4. The molecule has 4 rings (SSSR count). The molecule has 166 valence electrons. The van der Waals surface area contributed by atoms with Gasteiger partial charge in [0.1, 0.15) is 11.6 Å². The molecule has 7 nitrogen and oxygen atoms in total. The van der Waals surface area contributed by atoms with Crippen LogP contribution in [0.2, 0.25) is 0 Å². The van der Waals surface area contributed by atoms with Crippen molar-refractivity contribution < 1.29 is 4.79 Å². The SMILES string of the molecule is CC[C@@H](C(=O)NCCCN1CCC[C@H](C)C1)n1c2ccccc2c2cnn(C)c(=O)c21. The average molecular weight is 424 g/mol. The third kappa shape index (κ3) is 4.24. The van der Waals surface area contributed by atoms with E-state index in [4.69, 9.17) is 0 Å². The van der Waals surface area contributed by atoms with Gasteiger partial charge in [-0.25, -0.2) is 4.68 Å². The van der Waals surface area contributed by atoms with Gasteiger partial charge >= 0.3 is 0 Å². The summed E-state index contributed by atoms with van der Waals surface area (Å²) in [5, 5.41) is 9.07. The number of hydrogen-bond donors (Lipinski definition) is 1. The third-order valence-electron chi connectivity index (χ3n) is 6.50. The molecule has 0 bridgehead atoms. The Hall–Kier alpha value is -2.67. The summed E-state index contributed by atoms with van der Waals surface area (Å²) in [5.74, 6) is 0.733. The van der Waals surface area contributed by atoms with Crippen molar-refractivity contribution in [1.29, 1.82) is 0 Å². The number of benzene rings is 1. The van der Waals surface area contributed by atoms with Crippen molar-refractivity contribution in [3.63, 3.8) is 0 Å². The molecule has 2 atom stereocenters. The van der Waals surface area contributed by atoms with E-state index in [1.807, 2.05) is 35.8 Å². The fourth-order valence-corrected chi connectivity index (χ4v) is 4.92. The number of carbonyl (C=O) groups excluding carboxylic acids is 1. The standard InChI is InChI=1S/C24H33N5O2/c1-4-20(23(30)25-12-8-14-28-13-7-9-17(2)16-28)29-21-11-6-5-10-18(21)19-15-26-27(3)24(31)22(19)29/h5-6,10-11,15,17,20H,4,7-9,12-14,16H2,1-3H3,(H,25,30)/t17-,20-/m0/s1. The molecule has 3 heterocycles. The molecule has 1 aromatic carbocycles. The van der Waals surface area contributed by atoms with E-state index < -0.39 is 6.04 Å². The van der Waals surface area contributed by atoms with Crippen LogP contribution in [0.3, 0.4) is 0 Å². The zero-order valence-corrected chi connectivity index (χ0v) is 18.8. The number of carbonyl (C=O) groups is 1. The van der Waals surface area contributed by atoms with Crippen molar-refractivity contribution >= 4 is 27.7 Å². The number of nitrogens with zero attached hydrogens (tertiary/aromatic N) is 4. The molecule has 1 N–H and O–H groups in total. The lowest BCUT2D eigenvalue weighted by atomic mass is 10.0. The Morgan fingerprint density at radius 3 is 2.87 bits per heavy atom. The highest BCUT2D eigenvalue weighted by molar-refractivity contribution is 6.08. The maximum absolute atomic E-state index is 13.2. The van der Waals surface area contributed by atoms with E-state index in [1.54, 1.807) is 13.2 Å². The first-order valence-electron chi connectivity index (χ1n) is 11.5. The zero-order chi connectivity index (χ0) is 22.0. The first-order valence-corrected chi connectivity index (χ1v) is 11.5. The van der Waals surface area contributed by atoms with Gasteiger partial charge in [0.25, 0.3) is 5.56 Å². The van der Waals surface area contributed by atoms with Crippen LogP contribution in [0, 0.1) is 5.92 Å². The number of amides is 1. The molecular weight excluding hydrogens is 390 g/mol. The second-order valence-electron chi connectivity index (χ2n) is 8.84. The Balaban J connectivity index is 1.55. The van der Waals surface area contributed by atoms with Crippen LogP contribution in [0.5, 0.6) is 0 Å². The molecule has 0 unspecified atom stereocenters. The summed E-state index contributed by atoms with van der Waals surface area (Å²) in [6.45, 7) is 8.29. The normalized spacial score (nSPS) is 18.5. The van der Waals surface area contributed by atoms with E-state index in [1.165, 1.54) is 17.5 Å². The van der Waals surface area contributed by atoms with E-state index in [2.05, 4.69) is 22.2 Å². The molecule has 1 fully saturated rings. The summed E-state index contributed by atoms with van der Waals surface area (Å²) in [7, 11) is 1.65. The summed E-state index contributed by atoms with van der Waals surface area (Å²) in [5.41, 5.74) is 1.26. The van der Waals surface area contributed by atoms with Gasteiger partial charge in [0.2, 0.25) is 5.91 Å². The van der Waals surface area contributed by atoms with Gasteiger partial charge in [0.05, 0.1) is 11.7 Å². The number of piperidine rings is 1. The van der Waals surface area contributed by atoms with Gasteiger partial charge in [-0.3, -0.25) is 9.59 Å². The van der Waals surface area contributed by atoms with Crippen molar-refractivity contribution in [2.24, 2.45) is 13.0 Å². The lowest BCUT2D eigenvalue weighted by Gasteiger charge is -2.30. The Kier molecular flexibility index (Phi) is 6.41. The highest BCUT2D eigenvalue weighted by atomic mass is 16.2. The van der Waals surface area contributed by atoms with Gasteiger partial charge in [0, 0.05) is 30.9 Å². The molecule has 1 aliphatic rings. The minimum Gasteiger partial charge on any atom is -0.354 e. The number of fused-ring (bicyclic) bond motifs is 3. The van der Waals surface area contributed by atoms with E-state index >= 15 is 0 Å². The van der Waals surface area contributed by atoms with Gasteiger partial charge in [-0.1, -0.05) is 32.0 Å². The number of para-hydroxylation sites is 1. The molecule has 0 radical (unpaired) electrons. The topological polar surface area (TPSA) is 72.2 Å². The monoisotopic (exact) mass is 423 g/mol. The summed E-state index contributed by atoms with van der Waals surface area (Å²) in [6, 6.07) is 7.42. The van der Waals surface area contributed by atoms with Crippen LogP contribution in [0.15, 0.2) is 35.3 Å². The quantitative estimate of drug-likeness (QED) is 0.593. The van der Waals surface area contributed by atoms with E-state index in [0.717, 1.165) is 48.3 Å². The minimum atomic E-state index is -0.437. The van der Waals surface area contributed by atoms with E-state index in [9.17, 15) is 9.59 Å². The fourth-order valence-electron chi connectivity index (χ4n) is 4.92. The molecule has 0 spiro atoms. The highest BCUT2D eigenvalue weighted by Crippen LogP contribution is 2.30. The van der Waals surface area contributed by atoms with E-state index in [-0.39, 0.29) is 11.5 Å². The summed E-state index contributed by atoms with van der Waals surface area (Å²) in [6.07, 6.45) is 5.85. The zero-order valence-electron chi connectivity index (χ0n) is 18.8. The van der Waals surface area contributed by atoms with Crippen LogP contribution in [0.25, 0.3) is 21.8 Å². The Bertz CT molecular complexity index is 1130. The van der Waals surface area contributed by atoms with Crippen molar-refractivity contribution in [3.05, 3.63) is 40.8 Å². The van der Waals surface area contributed by atoms with Crippen LogP contribution in [-0.4, -0.2) is 51.3 Å². The molecule has 1 aliphatic heterocycles. The Morgan fingerprint density at radius 2 is 2.10 bits per heavy atom. The van der Waals surface area contributed by atoms with Crippen LogP contribution in [0.4, 0.5) is 0 Å². The predicted molar refractivity (Wildman–Crippen MR) is 124 cm³/mol. The number of aromatic nitrogens is 3. The highest BCUT2D eigenvalue weighted by Gasteiger charge is 2.25. The summed E-state index contributed by atoms with van der Waals surface area (Å²) < 4.78 is 3.25. The van der Waals surface area contributed by atoms with Crippen LogP contribution in [-0.2, 0) is 11.8 Å². The molecule has 0 saturated carbocycles. The van der Waals surface area contributed by atoms with Crippen molar-refractivity contribution in [2.75, 3.05) is 26.2 Å². The molecule has 7 heteroatoms. The first-order chi connectivity index (χ1) is 15.0. The summed E-state index contributed by atoms with van der Waals surface area (Å²) >= 11 is 0. The minimum absolute atomic E-state index is 0.0315. The molecule has 0 aliphatic carbocycles. The Labute approximate surface area is 183 Å². The van der Waals surface area contributed by atoms with Crippen LogP contribution < -0.4 is 10.9 Å². The van der Waals surface area contributed by atoms with Crippen molar-refractivity contribution in [1.82, 2.24) is 24.6 Å². The molecule has 3 aromatic rings. The van der Waals surface area contributed by atoms with Gasteiger partial charge in [-0.2, -0.15) is 5.10 Å². The predicted octanol–water partition coefficient (Wildman–Crippen LogP) is 3.08. The second-order valence-corrected chi connectivity index (χ2v) is 8.84. The third-order valence-corrected chi connectivity index (χ3v) is 6.50. The number of likely N-dealkylation sites (tertiary alicyclic amines) is 1. The average Bonchev–Trinajstić information content (AvgIpc) is 3.10. The van der Waals surface area contributed by atoms with Crippen LogP contribution in [0.1, 0.15) is 45.6 Å². The molecule has 2 aromatic heterocycles. The number of nitrogens with one attached hydrogen (secondary N) is 1. The van der Waals surface area contributed by atoms with Crippen molar-refractivity contribution in [3.8, 4) is 0 Å². The smallest absolute Gasteiger partial charge is 0.291 e. The van der Waals surface area contributed by atoms with Crippen LogP contribution >= 0.6 is 0 Å². The molecule has 31 heavy (non-hydrogen) atoms. The second kappa shape index (κ2) is 9.22. The maximum atomic E-state index is 13.2. The van der Waals surface area contributed by atoms with E-state index in [0.29, 0.717) is 18.5 Å². The van der Waals surface area contributed by atoms with Gasteiger partial charge in [-0.05, 0) is 50.8 Å². The first kappa shape index (κ1) is 21.6. The lowest BCUT2D eigenvalue weighted by molar-refractivity contribution is -0.124. The fraction of sp³-hybridized carbons (Fsp3) is 0.542. The van der Waals surface area contributed by atoms with Gasteiger partial charge in [0.15, 0.2) is 0 Å². The van der Waals surface area contributed by atoms with Gasteiger partial charge in [-0.15, -0.1) is 0 Å². The number of rotatable bonds is 7. The molecule has 1 amide bonds. The molecule has 1 saturated heterocycles. The largest absolute Gasteiger partial charge is 0.354 e. The summed E-state index contributed by atoms with van der Waals surface area (Å²) in [4.78, 5) is 28.7. The maximum Gasteiger partial charge on any atom is 0.291 e. The van der Waals surface area contributed by atoms with Crippen molar-refractivity contribution in [2.45, 2.75) is 45.6 Å².